The molecule has 140 valence electrons. The fourth-order valence-electron chi connectivity index (χ4n) is 2.44. The van der Waals surface area contributed by atoms with Gasteiger partial charge in [0.2, 0.25) is 5.82 Å². The van der Waals surface area contributed by atoms with Crippen LogP contribution in [0.25, 0.3) is 10.9 Å². The molecule has 1 heterocycles. The molecule has 0 saturated heterocycles. The number of carbonyl (C=O) groups excluding carboxylic acids is 1. The Morgan fingerprint density at radius 3 is 2.52 bits per heavy atom. The number of benzene rings is 2. The number of rotatable bonds is 5. The van der Waals surface area contributed by atoms with Crippen LogP contribution < -0.4 is 16.4 Å². The van der Waals surface area contributed by atoms with Crippen molar-refractivity contribution in [2.24, 2.45) is 0 Å². The van der Waals surface area contributed by atoms with E-state index in [-0.39, 0.29) is 24.4 Å². The van der Waals surface area contributed by atoms with Crippen molar-refractivity contribution in [3.63, 3.8) is 0 Å². The summed E-state index contributed by atoms with van der Waals surface area (Å²) in [5, 5.41) is 10.6. The molecule has 3 rings (SSSR count). The Morgan fingerprint density at radius 1 is 1.11 bits per heavy atom. The van der Waals surface area contributed by atoms with Crippen LogP contribution in [-0.4, -0.2) is 27.2 Å². The number of halogens is 3. The number of hydrogen-bond donors (Lipinski definition) is 3. The number of amides is 1. The predicted molar refractivity (Wildman–Crippen MR) is 106 cm³/mol. The smallest absolute Gasteiger partial charge is 0.305 e. The highest BCUT2D eigenvalue weighted by atomic mass is 35.5. The van der Waals surface area contributed by atoms with Gasteiger partial charge in [0.05, 0.1) is 34.8 Å². The largest absolute Gasteiger partial charge is 0.395 e. The van der Waals surface area contributed by atoms with Gasteiger partial charge in [0.1, 0.15) is 0 Å². The van der Waals surface area contributed by atoms with E-state index in [0.717, 1.165) is 4.57 Å². The number of nitrogens with one attached hydrogen (secondary N) is 2. The fraction of sp³-hybridized carbons (Fsp3) is 0.118. The number of aromatic nitrogens is 2. The van der Waals surface area contributed by atoms with Gasteiger partial charge < -0.3 is 5.11 Å². The highest BCUT2D eigenvalue weighted by Crippen LogP contribution is 2.24. The number of anilines is 1. The van der Waals surface area contributed by atoms with E-state index in [2.05, 4.69) is 15.8 Å². The number of carbonyl (C=O) groups is 1. The first-order valence-corrected chi connectivity index (χ1v) is 8.86. The van der Waals surface area contributed by atoms with Crippen LogP contribution in [0.15, 0.2) is 41.2 Å². The van der Waals surface area contributed by atoms with Crippen molar-refractivity contribution in [2.45, 2.75) is 6.54 Å². The summed E-state index contributed by atoms with van der Waals surface area (Å²) in [4.78, 5) is 29.5. The van der Waals surface area contributed by atoms with Crippen LogP contribution in [0.3, 0.4) is 0 Å². The Bertz CT molecular complexity index is 1080. The summed E-state index contributed by atoms with van der Waals surface area (Å²) in [5.41, 5.74) is 5.33. The topological polar surface area (TPSA) is 96.3 Å². The van der Waals surface area contributed by atoms with E-state index >= 15 is 0 Å². The third kappa shape index (κ3) is 4.17. The average molecular weight is 428 g/mol. The zero-order chi connectivity index (χ0) is 19.6. The van der Waals surface area contributed by atoms with Gasteiger partial charge in [0.15, 0.2) is 0 Å². The van der Waals surface area contributed by atoms with E-state index in [1.54, 1.807) is 24.3 Å². The Balaban J connectivity index is 1.96. The average Bonchev–Trinajstić information content (AvgIpc) is 2.63. The van der Waals surface area contributed by atoms with Gasteiger partial charge >= 0.3 is 5.91 Å². The Kier molecular flexibility index (Phi) is 5.86. The number of aliphatic hydroxyl groups excluding tert-OH is 1. The van der Waals surface area contributed by atoms with Gasteiger partial charge in [0, 0.05) is 10.0 Å². The standard InChI is InChI=1S/C17H13Cl3N4O3/c18-9-1-3-13-11(7-9)17(27)24(5-6-25)15(21-13)16(26)23-22-14-4-2-10(19)8-12(14)20/h1-4,7-8,22,25H,5-6H2,(H,23,26). The molecule has 0 atom stereocenters. The first-order valence-electron chi connectivity index (χ1n) is 7.73. The first-order chi connectivity index (χ1) is 12.9. The van der Waals surface area contributed by atoms with E-state index in [1.165, 1.54) is 12.1 Å². The van der Waals surface area contributed by atoms with E-state index in [0.29, 0.717) is 26.3 Å². The van der Waals surface area contributed by atoms with E-state index in [4.69, 9.17) is 34.8 Å². The van der Waals surface area contributed by atoms with E-state index < -0.39 is 11.5 Å². The summed E-state index contributed by atoms with van der Waals surface area (Å²) < 4.78 is 1.08. The molecule has 7 nitrogen and oxygen atoms in total. The molecule has 3 aromatic rings. The number of hydrazine groups is 1. The molecule has 0 aliphatic carbocycles. The van der Waals surface area contributed by atoms with Crippen LogP contribution in [0, 0.1) is 0 Å². The van der Waals surface area contributed by atoms with Crippen LogP contribution in [0.4, 0.5) is 5.69 Å². The first kappa shape index (κ1) is 19.4. The highest BCUT2D eigenvalue weighted by molar-refractivity contribution is 6.36. The lowest BCUT2D eigenvalue weighted by atomic mass is 10.2. The maximum absolute atomic E-state index is 12.7. The van der Waals surface area contributed by atoms with Crippen molar-refractivity contribution in [3.8, 4) is 0 Å². The van der Waals surface area contributed by atoms with Gasteiger partial charge in [-0.1, -0.05) is 34.8 Å². The van der Waals surface area contributed by atoms with Crippen LogP contribution in [0.2, 0.25) is 15.1 Å². The third-order valence-corrected chi connectivity index (χ3v) is 4.47. The minimum absolute atomic E-state index is 0.0985. The quantitative estimate of drug-likeness (QED) is 0.544. The number of hydrogen-bond acceptors (Lipinski definition) is 5. The zero-order valence-corrected chi connectivity index (χ0v) is 15.9. The van der Waals surface area contributed by atoms with Crippen molar-refractivity contribution >= 4 is 57.3 Å². The maximum atomic E-state index is 12.7. The number of fused-ring (bicyclic) bond motifs is 1. The van der Waals surface area contributed by atoms with Crippen molar-refractivity contribution in [3.05, 3.63) is 67.6 Å². The number of aliphatic hydroxyl groups is 1. The van der Waals surface area contributed by atoms with Crippen molar-refractivity contribution in [2.75, 3.05) is 12.0 Å². The molecule has 0 aliphatic heterocycles. The van der Waals surface area contributed by atoms with Gasteiger partial charge in [-0.2, -0.15) is 0 Å². The van der Waals surface area contributed by atoms with Crippen LogP contribution in [0.1, 0.15) is 10.6 Å². The summed E-state index contributed by atoms with van der Waals surface area (Å²) in [7, 11) is 0. The van der Waals surface area contributed by atoms with Crippen molar-refractivity contribution in [1.82, 2.24) is 15.0 Å². The van der Waals surface area contributed by atoms with Gasteiger partial charge in [0.25, 0.3) is 5.56 Å². The Morgan fingerprint density at radius 2 is 1.81 bits per heavy atom. The molecule has 1 aromatic heterocycles. The zero-order valence-electron chi connectivity index (χ0n) is 13.7. The van der Waals surface area contributed by atoms with Crippen LogP contribution >= 0.6 is 34.8 Å². The number of nitrogens with zero attached hydrogens (tertiary/aromatic N) is 2. The molecule has 0 radical (unpaired) electrons. The lowest BCUT2D eigenvalue weighted by molar-refractivity contribution is 0.0945. The molecule has 0 fully saturated rings. The molecule has 0 saturated carbocycles. The van der Waals surface area contributed by atoms with E-state index in [9.17, 15) is 14.7 Å². The summed E-state index contributed by atoms with van der Waals surface area (Å²) >= 11 is 17.8. The third-order valence-electron chi connectivity index (χ3n) is 3.68. The second-order valence-corrected chi connectivity index (χ2v) is 6.76. The van der Waals surface area contributed by atoms with Gasteiger partial charge in [-0.3, -0.25) is 25.0 Å². The normalized spacial score (nSPS) is 10.8. The van der Waals surface area contributed by atoms with E-state index in [1.807, 2.05) is 0 Å². The van der Waals surface area contributed by atoms with Gasteiger partial charge in [-0.15, -0.1) is 0 Å². The van der Waals surface area contributed by atoms with Crippen molar-refractivity contribution in [1.29, 1.82) is 0 Å². The summed E-state index contributed by atoms with van der Waals surface area (Å²) in [6.07, 6.45) is 0. The molecule has 1 amide bonds. The van der Waals surface area contributed by atoms with Crippen LogP contribution in [0.5, 0.6) is 0 Å². The van der Waals surface area contributed by atoms with Crippen molar-refractivity contribution < 1.29 is 9.90 Å². The molecule has 0 bridgehead atoms. The Hall–Kier alpha value is -2.32. The monoisotopic (exact) mass is 426 g/mol. The lowest BCUT2D eigenvalue weighted by Gasteiger charge is -2.14. The molecule has 3 N–H and O–H groups in total. The molecule has 27 heavy (non-hydrogen) atoms. The molecule has 2 aromatic carbocycles. The highest BCUT2D eigenvalue weighted by Gasteiger charge is 2.18. The summed E-state index contributed by atoms with van der Waals surface area (Å²) in [5.74, 6) is -0.843. The lowest BCUT2D eigenvalue weighted by Crippen LogP contribution is -2.37. The second kappa shape index (κ2) is 8.14. The Labute approximate surface area is 168 Å². The molecule has 0 aliphatic rings. The maximum Gasteiger partial charge on any atom is 0.305 e. The van der Waals surface area contributed by atoms with Crippen LogP contribution in [-0.2, 0) is 6.54 Å². The minimum Gasteiger partial charge on any atom is -0.395 e. The SMILES string of the molecule is O=C(NNc1ccc(Cl)cc1Cl)c1nc2ccc(Cl)cc2c(=O)n1CCO. The summed E-state index contributed by atoms with van der Waals surface area (Å²) in [6, 6.07) is 9.27. The molecule has 10 heteroatoms. The predicted octanol–water partition coefficient (Wildman–Crippen LogP) is 3.11. The molecule has 0 spiro atoms. The summed E-state index contributed by atoms with van der Waals surface area (Å²) in [6.45, 7) is -0.441. The van der Waals surface area contributed by atoms with Gasteiger partial charge in [-0.05, 0) is 36.4 Å². The fourth-order valence-corrected chi connectivity index (χ4v) is 3.07. The molecular weight excluding hydrogens is 415 g/mol. The van der Waals surface area contributed by atoms with Gasteiger partial charge in [-0.25, -0.2) is 4.98 Å². The minimum atomic E-state index is -0.677. The molecular formula is C17H13Cl3N4O3. The second-order valence-electron chi connectivity index (χ2n) is 5.48. The molecule has 0 unspecified atom stereocenters.